The van der Waals surface area contributed by atoms with E-state index in [1.54, 1.807) is 60.7 Å². The monoisotopic (exact) mass is 614 g/mol. The molecule has 0 atom stereocenters. The second kappa shape index (κ2) is 13.0. The van der Waals surface area contributed by atoms with Crippen LogP contribution in [0.3, 0.4) is 0 Å². The Morgan fingerprint density at radius 3 is 1.22 bits per heavy atom. The zero-order valence-corrected chi connectivity index (χ0v) is 25.0. The lowest BCUT2D eigenvalue weighted by atomic mass is 10.0. The fourth-order valence-electron chi connectivity index (χ4n) is 5.00. The van der Waals surface area contributed by atoms with Crippen molar-refractivity contribution in [1.29, 1.82) is 0 Å². The lowest BCUT2D eigenvalue weighted by Crippen LogP contribution is -2.07. The zero-order chi connectivity index (χ0) is 31.2. The van der Waals surface area contributed by atoms with Crippen LogP contribution in [0.5, 0.6) is 23.0 Å². The van der Waals surface area contributed by atoms with Gasteiger partial charge in [0, 0.05) is 11.1 Å². The third-order valence-electron chi connectivity index (χ3n) is 7.33. The van der Waals surface area contributed by atoms with E-state index in [0.29, 0.717) is 47.0 Å². The largest absolute Gasteiger partial charge is 0.508 e. The first kappa shape index (κ1) is 29.5. The van der Waals surface area contributed by atoms with Crippen molar-refractivity contribution in [2.45, 2.75) is 23.0 Å². The van der Waals surface area contributed by atoms with Gasteiger partial charge in [0.15, 0.2) is 0 Å². The molecule has 0 spiro atoms. The highest BCUT2D eigenvalue weighted by molar-refractivity contribution is 7.91. The van der Waals surface area contributed by atoms with E-state index in [1.165, 1.54) is 24.3 Å². The highest BCUT2D eigenvalue weighted by Crippen LogP contribution is 2.40. The van der Waals surface area contributed by atoms with Gasteiger partial charge in [0.25, 0.3) is 0 Å². The molecule has 6 nitrogen and oxygen atoms in total. The number of phenols is 2. The number of sulfone groups is 1. The molecule has 0 aromatic heterocycles. The van der Waals surface area contributed by atoms with Crippen molar-refractivity contribution in [2.24, 2.45) is 0 Å². The van der Waals surface area contributed by atoms with Gasteiger partial charge in [0.2, 0.25) is 9.84 Å². The zero-order valence-electron chi connectivity index (χ0n) is 24.2. The summed E-state index contributed by atoms with van der Waals surface area (Å²) >= 11 is 0. The van der Waals surface area contributed by atoms with Crippen LogP contribution >= 0.6 is 0 Å². The Labute approximate surface area is 262 Å². The molecule has 0 bridgehead atoms. The van der Waals surface area contributed by atoms with E-state index in [4.69, 9.17) is 9.47 Å². The van der Waals surface area contributed by atoms with Gasteiger partial charge < -0.3 is 19.7 Å². The van der Waals surface area contributed by atoms with E-state index in [2.05, 4.69) is 0 Å². The average molecular weight is 615 g/mol. The molecular formula is C38H30O6S. The van der Waals surface area contributed by atoms with Gasteiger partial charge in [-0.25, -0.2) is 8.42 Å². The van der Waals surface area contributed by atoms with E-state index in [-0.39, 0.29) is 21.3 Å². The van der Waals surface area contributed by atoms with Gasteiger partial charge >= 0.3 is 0 Å². The van der Waals surface area contributed by atoms with Crippen molar-refractivity contribution in [3.8, 4) is 45.3 Å². The molecule has 0 unspecified atom stereocenters. The first-order chi connectivity index (χ1) is 21.9. The number of hydrogen-bond donors (Lipinski definition) is 2. The summed E-state index contributed by atoms with van der Waals surface area (Å²) < 4.78 is 41.2. The van der Waals surface area contributed by atoms with Crippen LogP contribution in [0.2, 0.25) is 0 Å². The lowest BCUT2D eigenvalue weighted by Gasteiger charge is -2.17. The van der Waals surface area contributed by atoms with Crippen LogP contribution in [0.25, 0.3) is 22.3 Å². The Balaban J connectivity index is 1.43. The Kier molecular flexibility index (Phi) is 8.53. The van der Waals surface area contributed by atoms with Crippen LogP contribution in [0.15, 0.2) is 155 Å². The molecule has 0 heterocycles. The van der Waals surface area contributed by atoms with Crippen molar-refractivity contribution < 1.29 is 28.1 Å². The number of rotatable bonds is 10. The number of hydrogen-bond acceptors (Lipinski definition) is 6. The van der Waals surface area contributed by atoms with Crippen LogP contribution in [0.1, 0.15) is 11.1 Å². The van der Waals surface area contributed by atoms with Crippen LogP contribution in [0.4, 0.5) is 0 Å². The highest BCUT2D eigenvalue weighted by Gasteiger charge is 2.27. The Morgan fingerprint density at radius 1 is 0.467 bits per heavy atom. The summed E-state index contributed by atoms with van der Waals surface area (Å²) in [5.41, 5.74) is 4.03. The Bertz CT molecular complexity index is 1860. The number of aromatic hydroxyl groups is 2. The van der Waals surface area contributed by atoms with Crippen molar-refractivity contribution in [1.82, 2.24) is 0 Å². The SMILES string of the molecule is O=S(=O)(c1ccc(OCc2ccccc2)cc1-c1ccc(O)cc1)c1ccc(OCc2ccccc2)cc1-c1ccc(O)cc1. The second-order valence-electron chi connectivity index (χ2n) is 10.5. The van der Waals surface area contributed by atoms with Crippen LogP contribution in [0, 0.1) is 0 Å². The van der Waals surface area contributed by atoms with E-state index in [0.717, 1.165) is 11.1 Å². The molecule has 0 aliphatic carbocycles. The topological polar surface area (TPSA) is 93.1 Å². The Hall–Kier alpha value is -5.53. The maximum Gasteiger partial charge on any atom is 0.207 e. The number of benzene rings is 6. The molecule has 6 aromatic rings. The van der Waals surface area contributed by atoms with E-state index in [9.17, 15) is 18.6 Å². The summed E-state index contributed by atoms with van der Waals surface area (Å²) in [5, 5.41) is 19.9. The molecule has 7 heteroatoms. The molecule has 2 N–H and O–H groups in total. The fraction of sp³-hybridized carbons (Fsp3) is 0.0526. The normalized spacial score (nSPS) is 11.2. The van der Waals surface area contributed by atoms with Crippen LogP contribution in [-0.4, -0.2) is 18.6 Å². The molecule has 45 heavy (non-hydrogen) atoms. The number of phenolic OH excluding ortho intramolecular Hbond substituents is 2. The standard InChI is InChI=1S/C38H30O6S/c39-31-15-11-29(12-16-31)35-23-33(43-25-27-7-3-1-4-8-27)19-21-37(35)45(41,42)38-22-20-34(44-26-28-9-5-2-6-10-28)24-36(38)30-13-17-32(40)18-14-30/h1-24,39-40H,25-26H2. The van der Waals surface area contributed by atoms with E-state index < -0.39 is 9.84 Å². The number of ether oxygens (including phenoxy) is 2. The van der Waals surface area contributed by atoms with Gasteiger partial charge in [-0.15, -0.1) is 0 Å². The molecule has 0 aliphatic rings. The molecule has 6 rings (SSSR count). The molecule has 0 radical (unpaired) electrons. The fourth-order valence-corrected chi connectivity index (χ4v) is 6.66. The second-order valence-corrected chi connectivity index (χ2v) is 12.3. The van der Waals surface area contributed by atoms with Gasteiger partial charge in [0.05, 0.1) is 9.79 Å². The third-order valence-corrected chi connectivity index (χ3v) is 9.20. The van der Waals surface area contributed by atoms with Crippen molar-refractivity contribution in [3.63, 3.8) is 0 Å². The minimum atomic E-state index is -4.12. The summed E-state index contributed by atoms with van der Waals surface area (Å²) in [4.78, 5) is 0.163. The quantitative estimate of drug-likeness (QED) is 0.161. The molecule has 0 fully saturated rings. The molecular weight excluding hydrogens is 584 g/mol. The highest BCUT2D eigenvalue weighted by atomic mass is 32.2. The van der Waals surface area contributed by atoms with Crippen LogP contribution < -0.4 is 9.47 Å². The summed E-state index contributed by atoms with van der Waals surface area (Å²) in [5.74, 6) is 1.15. The maximum absolute atomic E-state index is 14.6. The van der Waals surface area contributed by atoms with Crippen molar-refractivity contribution >= 4 is 9.84 Å². The van der Waals surface area contributed by atoms with Gasteiger partial charge in [0.1, 0.15) is 36.2 Å². The van der Waals surface area contributed by atoms with Gasteiger partial charge in [-0.1, -0.05) is 84.9 Å². The maximum atomic E-state index is 14.6. The predicted octanol–water partition coefficient (Wildman–Crippen LogP) is 8.42. The average Bonchev–Trinajstić information content (AvgIpc) is 3.08. The predicted molar refractivity (Wildman–Crippen MR) is 174 cm³/mol. The first-order valence-electron chi connectivity index (χ1n) is 14.3. The summed E-state index contributed by atoms with van der Waals surface area (Å²) in [6.07, 6.45) is 0. The third kappa shape index (κ3) is 6.84. The molecule has 224 valence electrons. The lowest BCUT2D eigenvalue weighted by molar-refractivity contribution is 0.306. The molecule has 0 saturated carbocycles. The van der Waals surface area contributed by atoms with Gasteiger partial charge in [-0.2, -0.15) is 0 Å². The summed E-state index contributed by atoms with van der Waals surface area (Å²) in [6, 6.07) is 42.0. The Morgan fingerprint density at radius 2 is 0.844 bits per heavy atom. The minimum Gasteiger partial charge on any atom is -0.508 e. The van der Waals surface area contributed by atoms with Crippen molar-refractivity contribution in [2.75, 3.05) is 0 Å². The molecule has 0 amide bonds. The van der Waals surface area contributed by atoms with Crippen LogP contribution in [-0.2, 0) is 23.1 Å². The smallest absolute Gasteiger partial charge is 0.207 e. The van der Waals surface area contributed by atoms with Crippen molar-refractivity contribution in [3.05, 3.63) is 157 Å². The van der Waals surface area contributed by atoms with E-state index >= 15 is 0 Å². The molecule has 6 aromatic carbocycles. The molecule has 0 saturated heterocycles. The summed E-state index contributed by atoms with van der Waals surface area (Å²) in [7, 11) is -4.12. The van der Waals surface area contributed by atoms with E-state index in [1.807, 2.05) is 60.7 Å². The first-order valence-corrected chi connectivity index (χ1v) is 15.8. The summed E-state index contributed by atoms with van der Waals surface area (Å²) in [6.45, 7) is 0.634. The van der Waals surface area contributed by atoms with Gasteiger partial charge in [-0.3, -0.25) is 0 Å². The minimum absolute atomic E-state index is 0.0698. The van der Waals surface area contributed by atoms with Gasteiger partial charge in [-0.05, 0) is 82.9 Å². The molecule has 0 aliphatic heterocycles.